The van der Waals surface area contributed by atoms with Gasteiger partial charge in [-0.05, 0) is 25.9 Å². The van der Waals surface area contributed by atoms with Gasteiger partial charge in [-0.2, -0.15) is 0 Å². The van der Waals surface area contributed by atoms with Gasteiger partial charge in [-0.15, -0.1) is 0 Å². The first kappa shape index (κ1) is 12.1. The van der Waals surface area contributed by atoms with Crippen LogP contribution in [0, 0.1) is 0 Å². The molecule has 0 heterocycles. The van der Waals surface area contributed by atoms with Gasteiger partial charge in [-0.1, -0.05) is 19.8 Å². The highest BCUT2D eigenvalue weighted by molar-refractivity contribution is 7.84. The molecule has 74 valence electrons. The highest BCUT2D eigenvalue weighted by Gasteiger charge is 1.91. The van der Waals surface area contributed by atoms with E-state index in [0.717, 1.165) is 25.3 Å². The van der Waals surface area contributed by atoms with Gasteiger partial charge >= 0.3 is 0 Å². The molecule has 12 heavy (non-hydrogen) atoms. The molecule has 0 aliphatic carbocycles. The minimum Gasteiger partial charge on any atom is -0.317 e. The largest absolute Gasteiger partial charge is 0.317 e. The fourth-order valence-electron chi connectivity index (χ4n) is 1.03. The summed E-state index contributed by atoms with van der Waals surface area (Å²) in [4.78, 5) is 0. The fraction of sp³-hybridized carbons (Fsp3) is 1.00. The number of hydrogen-bond donors (Lipinski definition) is 1. The van der Waals surface area contributed by atoms with Gasteiger partial charge in [0, 0.05) is 22.8 Å². The summed E-state index contributed by atoms with van der Waals surface area (Å²) < 4.78 is 10.7. The second-order valence-corrected chi connectivity index (χ2v) is 4.64. The number of nitrogens with one attached hydrogen (secondary N) is 1. The quantitative estimate of drug-likeness (QED) is 0.590. The molecule has 0 fully saturated rings. The summed E-state index contributed by atoms with van der Waals surface area (Å²) >= 11 is 0. The fourth-order valence-corrected chi connectivity index (χ4v) is 1.58. The number of rotatable bonds is 8. The molecule has 1 unspecified atom stereocenters. The molecule has 0 spiro atoms. The zero-order valence-corrected chi connectivity index (χ0v) is 9.08. The summed E-state index contributed by atoms with van der Waals surface area (Å²) in [5.41, 5.74) is 0. The first-order valence-corrected chi connectivity index (χ1v) is 6.50. The monoisotopic (exact) mass is 191 g/mol. The van der Waals surface area contributed by atoms with Crippen molar-refractivity contribution in [3.05, 3.63) is 0 Å². The minimum absolute atomic E-state index is 0.614. The van der Waals surface area contributed by atoms with Crippen molar-refractivity contribution in [2.75, 3.05) is 25.1 Å². The average molecular weight is 191 g/mol. The van der Waals surface area contributed by atoms with Gasteiger partial charge in [0.2, 0.25) is 0 Å². The van der Waals surface area contributed by atoms with Crippen LogP contribution in [0.3, 0.4) is 0 Å². The van der Waals surface area contributed by atoms with Gasteiger partial charge in [0.15, 0.2) is 0 Å². The van der Waals surface area contributed by atoms with Gasteiger partial charge in [0.25, 0.3) is 0 Å². The minimum atomic E-state index is -0.614. The van der Waals surface area contributed by atoms with Crippen LogP contribution < -0.4 is 5.32 Å². The van der Waals surface area contributed by atoms with Crippen molar-refractivity contribution in [1.29, 1.82) is 0 Å². The van der Waals surface area contributed by atoms with E-state index in [1.54, 1.807) is 6.26 Å². The lowest BCUT2D eigenvalue weighted by atomic mass is 10.2. The van der Waals surface area contributed by atoms with E-state index < -0.39 is 10.8 Å². The predicted octanol–water partition coefficient (Wildman–Crippen LogP) is 1.53. The Morgan fingerprint density at radius 3 is 2.42 bits per heavy atom. The van der Waals surface area contributed by atoms with Gasteiger partial charge in [-0.25, -0.2) is 0 Å². The van der Waals surface area contributed by atoms with Crippen LogP contribution in [0.25, 0.3) is 0 Å². The van der Waals surface area contributed by atoms with Crippen LogP contribution in [0.4, 0.5) is 0 Å². The SMILES string of the molecule is CCCCCNCCCS(C)=O. The van der Waals surface area contributed by atoms with E-state index in [0.29, 0.717) is 0 Å². The lowest BCUT2D eigenvalue weighted by molar-refractivity contribution is 0.610. The molecule has 0 radical (unpaired) electrons. The van der Waals surface area contributed by atoms with E-state index in [-0.39, 0.29) is 0 Å². The summed E-state index contributed by atoms with van der Waals surface area (Å²) in [6.45, 7) is 4.34. The molecule has 0 aliphatic rings. The molecule has 0 aromatic heterocycles. The Labute approximate surface area is 78.6 Å². The Kier molecular flexibility index (Phi) is 9.28. The molecule has 1 atom stereocenters. The maximum absolute atomic E-state index is 10.7. The van der Waals surface area contributed by atoms with E-state index in [9.17, 15) is 4.21 Å². The summed E-state index contributed by atoms with van der Waals surface area (Å²) in [6, 6.07) is 0. The topological polar surface area (TPSA) is 29.1 Å². The van der Waals surface area contributed by atoms with Crippen molar-refractivity contribution in [3.63, 3.8) is 0 Å². The Morgan fingerprint density at radius 1 is 1.17 bits per heavy atom. The molecule has 0 aliphatic heterocycles. The van der Waals surface area contributed by atoms with E-state index in [1.807, 2.05) is 0 Å². The van der Waals surface area contributed by atoms with Crippen LogP contribution in [0.5, 0.6) is 0 Å². The van der Waals surface area contributed by atoms with Crippen molar-refractivity contribution < 1.29 is 4.21 Å². The zero-order valence-electron chi connectivity index (χ0n) is 8.27. The molecule has 0 aromatic rings. The number of unbranched alkanes of at least 4 members (excludes halogenated alkanes) is 2. The van der Waals surface area contributed by atoms with Crippen molar-refractivity contribution in [2.45, 2.75) is 32.6 Å². The second kappa shape index (κ2) is 9.20. The first-order valence-electron chi connectivity index (χ1n) is 4.78. The van der Waals surface area contributed by atoms with Gasteiger partial charge < -0.3 is 5.32 Å². The Hall–Kier alpha value is 0.110. The van der Waals surface area contributed by atoms with Crippen LogP contribution in [-0.2, 0) is 10.8 Å². The average Bonchev–Trinajstić information content (AvgIpc) is 2.02. The Bertz CT molecular complexity index is 117. The van der Waals surface area contributed by atoms with Crippen molar-refractivity contribution >= 4 is 10.8 Å². The van der Waals surface area contributed by atoms with Crippen molar-refractivity contribution in [1.82, 2.24) is 5.32 Å². The molecular formula is C9H21NOS. The third kappa shape index (κ3) is 10.1. The van der Waals surface area contributed by atoms with E-state index in [2.05, 4.69) is 12.2 Å². The Morgan fingerprint density at radius 2 is 1.83 bits per heavy atom. The highest BCUT2D eigenvalue weighted by atomic mass is 32.2. The lowest BCUT2D eigenvalue weighted by Gasteiger charge is -2.02. The Balaban J connectivity index is 2.86. The molecule has 2 nitrogen and oxygen atoms in total. The highest BCUT2D eigenvalue weighted by Crippen LogP contribution is 1.91. The molecular weight excluding hydrogens is 170 g/mol. The summed E-state index contributed by atoms with van der Waals surface area (Å²) in [5.74, 6) is 0.834. The summed E-state index contributed by atoms with van der Waals surface area (Å²) in [5, 5.41) is 3.34. The molecule has 0 bridgehead atoms. The molecule has 0 aromatic carbocycles. The maximum Gasteiger partial charge on any atom is 0.0244 e. The van der Waals surface area contributed by atoms with Gasteiger partial charge in [0.05, 0.1) is 0 Å². The smallest absolute Gasteiger partial charge is 0.0244 e. The van der Waals surface area contributed by atoms with Crippen molar-refractivity contribution in [3.8, 4) is 0 Å². The molecule has 0 saturated heterocycles. The lowest BCUT2D eigenvalue weighted by Crippen LogP contribution is -2.18. The molecule has 3 heteroatoms. The van der Waals surface area contributed by atoms with Gasteiger partial charge in [-0.3, -0.25) is 4.21 Å². The molecule has 0 amide bonds. The van der Waals surface area contributed by atoms with Crippen LogP contribution in [-0.4, -0.2) is 29.3 Å². The molecule has 0 rings (SSSR count). The van der Waals surface area contributed by atoms with Crippen LogP contribution >= 0.6 is 0 Å². The number of hydrogen-bond acceptors (Lipinski definition) is 2. The zero-order chi connectivity index (χ0) is 9.23. The van der Waals surface area contributed by atoms with Crippen LogP contribution in [0.15, 0.2) is 0 Å². The molecule has 0 saturated carbocycles. The molecule has 1 N–H and O–H groups in total. The van der Waals surface area contributed by atoms with Crippen LogP contribution in [0.2, 0.25) is 0 Å². The second-order valence-electron chi connectivity index (χ2n) is 3.09. The van der Waals surface area contributed by atoms with Gasteiger partial charge in [0.1, 0.15) is 0 Å². The predicted molar refractivity (Wildman–Crippen MR) is 55.9 cm³/mol. The summed E-state index contributed by atoms with van der Waals surface area (Å²) in [7, 11) is -0.614. The van der Waals surface area contributed by atoms with E-state index in [1.165, 1.54) is 19.3 Å². The van der Waals surface area contributed by atoms with E-state index in [4.69, 9.17) is 0 Å². The van der Waals surface area contributed by atoms with Crippen LogP contribution in [0.1, 0.15) is 32.6 Å². The first-order chi connectivity index (χ1) is 5.77. The normalized spacial score (nSPS) is 13.2. The maximum atomic E-state index is 10.7. The third-order valence-corrected chi connectivity index (χ3v) is 2.61. The van der Waals surface area contributed by atoms with E-state index >= 15 is 0 Å². The third-order valence-electron chi connectivity index (χ3n) is 1.74. The van der Waals surface area contributed by atoms with Crippen molar-refractivity contribution in [2.24, 2.45) is 0 Å². The summed E-state index contributed by atoms with van der Waals surface area (Å²) in [6.07, 6.45) is 6.66. The standard InChI is InChI=1S/C9H21NOS/c1-3-4-5-7-10-8-6-9-12(2)11/h10H,3-9H2,1-2H3.